The Labute approximate surface area is 152 Å². The number of hydrogen-bond acceptors (Lipinski definition) is 6. The van der Waals surface area contributed by atoms with Crippen LogP contribution in [-0.2, 0) is 11.8 Å². The highest BCUT2D eigenvalue weighted by Gasteiger charge is 2.28. The van der Waals surface area contributed by atoms with Gasteiger partial charge in [0.05, 0.1) is 12.8 Å². The second-order valence-electron chi connectivity index (χ2n) is 6.29. The molecule has 1 aliphatic carbocycles. The normalized spacial score (nSPS) is 15.0. The van der Waals surface area contributed by atoms with Crippen LogP contribution in [0.4, 0.5) is 5.13 Å². The first-order valence-corrected chi connectivity index (χ1v) is 9.39. The molecule has 7 heteroatoms. The highest BCUT2D eigenvalue weighted by Crippen LogP contribution is 2.40. The van der Waals surface area contributed by atoms with Crippen LogP contribution in [0.2, 0.25) is 0 Å². The van der Waals surface area contributed by atoms with E-state index in [1.54, 1.807) is 16.0 Å². The van der Waals surface area contributed by atoms with E-state index in [0.717, 1.165) is 23.9 Å². The number of carbonyl (C=O) groups excluding carboxylic acids is 1. The van der Waals surface area contributed by atoms with Crippen molar-refractivity contribution in [1.29, 1.82) is 0 Å². The molecule has 0 amide bonds. The fraction of sp³-hybridized carbons (Fsp3) is 0.500. The highest BCUT2D eigenvalue weighted by molar-refractivity contribution is 7.13. The lowest BCUT2D eigenvalue weighted by atomic mass is 10.0. The Morgan fingerprint density at radius 2 is 2.24 bits per heavy atom. The van der Waals surface area contributed by atoms with Crippen molar-refractivity contribution in [3.8, 4) is 0 Å². The first kappa shape index (κ1) is 17.7. The van der Waals surface area contributed by atoms with E-state index >= 15 is 0 Å². The first-order chi connectivity index (χ1) is 12.0. The number of rotatable bonds is 7. The van der Waals surface area contributed by atoms with Crippen LogP contribution in [0.1, 0.15) is 42.9 Å². The van der Waals surface area contributed by atoms with Gasteiger partial charge in [-0.2, -0.15) is 5.10 Å². The molecule has 6 nitrogen and oxygen atoms in total. The third kappa shape index (κ3) is 3.76. The van der Waals surface area contributed by atoms with Crippen molar-refractivity contribution >= 4 is 28.0 Å². The van der Waals surface area contributed by atoms with Crippen LogP contribution in [0.15, 0.2) is 23.2 Å². The van der Waals surface area contributed by atoms with Gasteiger partial charge in [0.2, 0.25) is 0 Å². The molecule has 0 spiro atoms. The average molecular weight is 360 g/mol. The predicted octanol–water partition coefficient (Wildman–Crippen LogP) is 3.37. The van der Waals surface area contributed by atoms with Gasteiger partial charge in [-0.05, 0) is 44.2 Å². The van der Waals surface area contributed by atoms with Crippen molar-refractivity contribution < 1.29 is 9.53 Å². The van der Waals surface area contributed by atoms with Crippen molar-refractivity contribution in [3.05, 3.63) is 34.6 Å². The minimum Gasteiger partial charge on any atom is -0.464 e. The third-order valence-corrected chi connectivity index (χ3v) is 5.50. The summed E-state index contributed by atoms with van der Waals surface area (Å²) in [6.45, 7) is 5.96. The van der Waals surface area contributed by atoms with Crippen LogP contribution in [-0.4, -0.2) is 40.9 Å². The Morgan fingerprint density at radius 3 is 2.80 bits per heavy atom. The Kier molecular flexibility index (Phi) is 5.22. The van der Waals surface area contributed by atoms with E-state index in [1.807, 2.05) is 24.7 Å². The second kappa shape index (κ2) is 7.39. The molecule has 2 aromatic heterocycles. The number of allylic oxidation sites excluding steroid dienone is 1. The number of aromatic nitrogens is 3. The number of likely N-dealkylation sites (N-methyl/N-ethyl adjacent to an activating group) is 1. The Balaban J connectivity index is 1.98. The first-order valence-electron chi connectivity index (χ1n) is 8.52. The van der Waals surface area contributed by atoms with Gasteiger partial charge < -0.3 is 9.64 Å². The fourth-order valence-electron chi connectivity index (χ4n) is 3.00. The van der Waals surface area contributed by atoms with E-state index in [4.69, 9.17) is 4.74 Å². The number of aryl methyl sites for hydroxylation is 1. The van der Waals surface area contributed by atoms with Gasteiger partial charge in [0, 0.05) is 31.7 Å². The maximum atomic E-state index is 11.8. The molecule has 0 radical (unpaired) electrons. The summed E-state index contributed by atoms with van der Waals surface area (Å²) < 4.78 is 6.60. The van der Waals surface area contributed by atoms with Gasteiger partial charge in [0.15, 0.2) is 10.8 Å². The molecule has 0 atom stereocenters. The lowest BCUT2D eigenvalue weighted by Gasteiger charge is -2.23. The van der Waals surface area contributed by atoms with Gasteiger partial charge in [0.25, 0.3) is 0 Å². The van der Waals surface area contributed by atoms with Crippen molar-refractivity contribution in [2.24, 2.45) is 13.0 Å². The van der Waals surface area contributed by atoms with Gasteiger partial charge in [-0.25, -0.2) is 9.78 Å². The fourth-order valence-corrected chi connectivity index (χ4v) is 3.71. The van der Waals surface area contributed by atoms with E-state index in [2.05, 4.69) is 28.8 Å². The summed E-state index contributed by atoms with van der Waals surface area (Å²) in [5.41, 5.74) is 3.93. The molecular weight excluding hydrogens is 336 g/mol. The molecule has 0 saturated heterocycles. The SMILES string of the molecule is CCN(C/C(=C(\C)C1CC1)c1cc(C(=O)OC)nn1C)c1nccs1. The molecule has 25 heavy (non-hydrogen) atoms. The molecular formula is C18H24N4O2S. The topological polar surface area (TPSA) is 60.3 Å². The van der Waals surface area contributed by atoms with E-state index in [9.17, 15) is 4.79 Å². The van der Waals surface area contributed by atoms with Crippen molar-refractivity contribution in [2.45, 2.75) is 26.7 Å². The second-order valence-corrected chi connectivity index (χ2v) is 7.17. The summed E-state index contributed by atoms with van der Waals surface area (Å²) in [6, 6.07) is 1.84. The summed E-state index contributed by atoms with van der Waals surface area (Å²) in [4.78, 5) is 18.6. The van der Waals surface area contributed by atoms with Crippen LogP contribution in [0.5, 0.6) is 0 Å². The molecule has 0 N–H and O–H groups in total. The third-order valence-electron chi connectivity index (χ3n) is 4.67. The van der Waals surface area contributed by atoms with E-state index in [0.29, 0.717) is 11.6 Å². The van der Waals surface area contributed by atoms with Crippen LogP contribution < -0.4 is 4.90 Å². The van der Waals surface area contributed by atoms with Crippen LogP contribution in [0.3, 0.4) is 0 Å². The minimum atomic E-state index is -0.405. The zero-order valence-corrected chi connectivity index (χ0v) is 16.0. The monoisotopic (exact) mass is 360 g/mol. The quantitative estimate of drug-likeness (QED) is 0.709. The number of methoxy groups -OCH3 is 1. The lowest BCUT2D eigenvalue weighted by Crippen LogP contribution is -2.26. The minimum absolute atomic E-state index is 0.346. The summed E-state index contributed by atoms with van der Waals surface area (Å²) in [5, 5.41) is 7.34. The summed E-state index contributed by atoms with van der Waals surface area (Å²) in [7, 11) is 3.26. The van der Waals surface area contributed by atoms with Crippen LogP contribution >= 0.6 is 11.3 Å². The molecule has 3 rings (SSSR count). The Morgan fingerprint density at radius 1 is 1.48 bits per heavy atom. The zero-order valence-electron chi connectivity index (χ0n) is 15.2. The molecule has 1 fully saturated rings. The molecule has 2 heterocycles. The maximum Gasteiger partial charge on any atom is 0.358 e. The molecule has 2 aromatic rings. The van der Waals surface area contributed by atoms with Gasteiger partial charge >= 0.3 is 5.97 Å². The number of carbonyl (C=O) groups is 1. The van der Waals surface area contributed by atoms with E-state index < -0.39 is 5.97 Å². The zero-order chi connectivity index (χ0) is 18.0. The molecule has 0 bridgehead atoms. The van der Waals surface area contributed by atoms with Crippen molar-refractivity contribution in [1.82, 2.24) is 14.8 Å². The Bertz CT molecular complexity index is 775. The molecule has 1 saturated carbocycles. The van der Waals surface area contributed by atoms with Crippen LogP contribution in [0.25, 0.3) is 5.57 Å². The van der Waals surface area contributed by atoms with E-state index in [1.165, 1.54) is 31.1 Å². The lowest BCUT2D eigenvalue weighted by molar-refractivity contribution is 0.0593. The highest BCUT2D eigenvalue weighted by atomic mass is 32.1. The summed E-state index contributed by atoms with van der Waals surface area (Å²) in [5.74, 6) is 0.235. The number of esters is 1. The van der Waals surface area contributed by atoms with E-state index in [-0.39, 0.29) is 0 Å². The summed E-state index contributed by atoms with van der Waals surface area (Å²) >= 11 is 1.64. The smallest absolute Gasteiger partial charge is 0.358 e. The van der Waals surface area contributed by atoms with Gasteiger partial charge in [-0.1, -0.05) is 5.57 Å². The molecule has 134 valence electrons. The number of nitrogens with zero attached hydrogens (tertiary/aromatic N) is 4. The van der Waals surface area contributed by atoms with Crippen molar-refractivity contribution in [3.63, 3.8) is 0 Å². The summed E-state index contributed by atoms with van der Waals surface area (Å²) in [6.07, 6.45) is 4.31. The van der Waals surface area contributed by atoms with Gasteiger partial charge in [-0.3, -0.25) is 4.68 Å². The standard InChI is InChI=1S/C18H24N4O2S/c1-5-22(18-19-8-9-25-18)11-14(12(2)13-6-7-13)16-10-15(17(23)24-4)20-21(16)3/h8-10,13H,5-7,11H2,1-4H3/b14-12-. The number of ether oxygens (including phenoxy) is 1. The Hall–Kier alpha value is -2.15. The molecule has 1 aliphatic rings. The van der Waals surface area contributed by atoms with Crippen molar-refractivity contribution in [2.75, 3.05) is 25.1 Å². The van der Waals surface area contributed by atoms with Gasteiger partial charge in [-0.15, -0.1) is 11.3 Å². The number of hydrogen-bond donors (Lipinski definition) is 0. The average Bonchev–Trinajstić information content (AvgIpc) is 3.19. The number of thiazole rings is 1. The number of anilines is 1. The predicted molar refractivity (Wildman–Crippen MR) is 99.9 cm³/mol. The largest absolute Gasteiger partial charge is 0.464 e. The van der Waals surface area contributed by atoms with Crippen LogP contribution in [0, 0.1) is 5.92 Å². The molecule has 0 aliphatic heterocycles. The molecule has 0 unspecified atom stereocenters. The van der Waals surface area contributed by atoms with Gasteiger partial charge in [0.1, 0.15) is 0 Å². The maximum absolute atomic E-state index is 11.8. The molecule has 0 aromatic carbocycles.